The standard InChI is InChI=1S/C13H25NO6.C4H5NO2/c15-13(16)1-5-17-9-11-20-12-10-19-8-4-14-2-6-18-7-3-14;6-3-1-2-4(7)5-3/h1-12H2,(H,15,16);1-2H2,(H,5,6,7). The van der Waals surface area contributed by atoms with E-state index in [1.54, 1.807) is 0 Å². The Balaban J connectivity index is 0.000000433. The van der Waals surface area contributed by atoms with E-state index in [-0.39, 0.29) is 24.8 Å². The zero-order valence-corrected chi connectivity index (χ0v) is 15.7. The summed E-state index contributed by atoms with van der Waals surface area (Å²) in [6.07, 6.45) is 0.780. The lowest BCUT2D eigenvalue weighted by atomic mass is 10.4. The van der Waals surface area contributed by atoms with Gasteiger partial charge in [0.15, 0.2) is 0 Å². The quantitative estimate of drug-likeness (QED) is 0.328. The minimum absolute atomic E-state index is 0.0324. The van der Waals surface area contributed by atoms with Gasteiger partial charge in [-0.1, -0.05) is 0 Å². The Morgan fingerprint density at radius 2 is 1.44 bits per heavy atom. The third kappa shape index (κ3) is 14.2. The zero-order valence-electron chi connectivity index (χ0n) is 15.7. The predicted molar refractivity (Wildman–Crippen MR) is 94.4 cm³/mol. The van der Waals surface area contributed by atoms with Crippen molar-refractivity contribution in [3.05, 3.63) is 0 Å². The first-order valence-electron chi connectivity index (χ1n) is 9.15. The molecule has 2 aliphatic heterocycles. The van der Waals surface area contributed by atoms with Gasteiger partial charge in [-0.2, -0.15) is 0 Å². The SMILES string of the molecule is O=C(O)CCOCCOCCOCCN1CCOCC1.O=C1CCC(=O)N1. The summed E-state index contributed by atoms with van der Waals surface area (Å²) in [6.45, 7) is 7.43. The molecule has 0 aromatic heterocycles. The summed E-state index contributed by atoms with van der Waals surface area (Å²) in [6, 6.07) is 0. The molecule has 0 unspecified atom stereocenters. The number of imide groups is 1. The van der Waals surface area contributed by atoms with Gasteiger partial charge in [-0.05, 0) is 0 Å². The number of ether oxygens (including phenoxy) is 4. The van der Waals surface area contributed by atoms with Crippen LogP contribution in [0.1, 0.15) is 19.3 Å². The highest BCUT2D eigenvalue weighted by Crippen LogP contribution is 1.96. The Hall–Kier alpha value is -1.59. The Morgan fingerprint density at radius 1 is 0.926 bits per heavy atom. The van der Waals surface area contributed by atoms with Crippen LogP contribution in [0.25, 0.3) is 0 Å². The minimum Gasteiger partial charge on any atom is -0.481 e. The van der Waals surface area contributed by atoms with Crippen molar-refractivity contribution in [1.82, 2.24) is 10.2 Å². The molecule has 10 nitrogen and oxygen atoms in total. The molecule has 0 aromatic carbocycles. The summed E-state index contributed by atoms with van der Waals surface area (Å²) in [5, 5.41) is 10.5. The topological polar surface area (TPSA) is 124 Å². The summed E-state index contributed by atoms with van der Waals surface area (Å²) in [5.74, 6) is -1.14. The molecule has 2 N–H and O–H groups in total. The number of amides is 2. The van der Waals surface area contributed by atoms with Crippen molar-refractivity contribution in [2.75, 3.05) is 72.5 Å². The molecule has 2 heterocycles. The van der Waals surface area contributed by atoms with E-state index in [2.05, 4.69) is 10.2 Å². The molecular formula is C17H30N2O8. The van der Waals surface area contributed by atoms with Crippen molar-refractivity contribution in [2.24, 2.45) is 0 Å². The number of carboxylic acid groups (broad SMARTS) is 1. The lowest BCUT2D eigenvalue weighted by molar-refractivity contribution is -0.138. The number of carboxylic acids is 1. The van der Waals surface area contributed by atoms with Gasteiger partial charge in [-0.3, -0.25) is 24.6 Å². The Kier molecular flexibility index (Phi) is 13.4. The number of nitrogens with zero attached hydrogens (tertiary/aromatic N) is 1. The molecule has 0 radical (unpaired) electrons. The predicted octanol–water partition coefficient (Wildman–Crippen LogP) is -0.734. The van der Waals surface area contributed by atoms with Crippen LogP contribution in [-0.4, -0.2) is 100 Å². The van der Waals surface area contributed by atoms with Crippen LogP contribution >= 0.6 is 0 Å². The summed E-state index contributed by atoms with van der Waals surface area (Å²) in [7, 11) is 0. The van der Waals surface area contributed by atoms with E-state index in [9.17, 15) is 14.4 Å². The van der Waals surface area contributed by atoms with Crippen LogP contribution in [0.15, 0.2) is 0 Å². The average molecular weight is 390 g/mol. The molecule has 2 rings (SSSR count). The van der Waals surface area contributed by atoms with Gasteiger partial charge in [0, 0.05) is 32.5 Å². The number of carbonyl (C=O) groups is 3. The van der Waals surface area contributed by atoms with Crippen LogP contribution < -0.4 is 5.32 Å². The van der Waals surface area contributed by atoms with Gasteiger partial charge in [0.25, 0.3) is 0 Å². The molecule has 0 atom stereocenters. The summed E-state index contributed by atoms with van der Waals surface area (Å²) in [5.41, 5.74) is 0. The van der Waals surface area contributed by atoms with Crippen molar-refractivity contribution in [3.8, 4) is 0 Å². The largest absolute Gasteiger partial charge is 0.481 e. The first-order valence-corrected chi connectivity index (χ1v) is 9.15. The summed E-state index contributed by atoms with van der Waals surface area (Å²) in [4.78, 5) is 32.8. The number of nitrogens with one attached hydrogen (secondary N) is 1. The molecule has 0 bridgehead atoms. The van der Waals surface area contributed by atoms with E-state index in [0.717, 1.165) is 32.8 Å². The molecule has 2 fully saturated rings. The first-order chi connectivity index (χ1) is 13.1. The minimum atomic E-state index is -0.848. The summed E-state index contributed by atoms with van der Waals surface area (Å²) < 4.78 is 21.1. The fourth-order valence-corrected chi connectivity index (χ4v) is 2.23. The summed E-state index contributed by atoms with van der Waals surface area (Å²) >= 11 is 0. The Labute approximate surface area is 159 Å². The monoisotopic (exact) mass is 390 g/mol. The molecule has 2 aliphatic rings. The number of hydrogen-bond acceptors (Lipinski definition) is 8. The number of carbonyl (C=O) groups excluding carboxylic acids is 2. The fraction of sp³-hybridized carbons (Fsp3) is 0.824. The average Bonchev–Trinajstić information content (AvgIpc) is 3.03. The fourth-order valence-electron chi connectivity index (χ4n) is 2.23. The number of morpholine rings is 1. The van der Waals surface area contributed by atoms with Crippen molar-refractivity contribution >= 4 is 17.8 Å². The molecule has 0 aliphatic carbocycles. The van der Waals surface area contributed by atoms with Crippen LogP contribution in [0.5, 0.6) is 0 Å². The van der Waals surface area contributed by atoms with E-state index in [1.807, 2.05) is 0 Å². The Morgan fingerprint density at radius 3 is 1.93 bits per heavy atom. The highest BCUT2D eigenvalue weighted by Gasteiger charge is 2.15. The van der Waals surface area contributed by atoms with E-state index in [1.165, 1.54) is 0 Å². The van der Waals surface area contributed by atoms with Gasteiger partial charge in [-0.15, -0.1) is 0 Å². The van der Waals surface area contributed by atoms with Crippen molar-refractivity contribution < 1.29 is 38.4 Å². The second kappa shape index (κ2) is 15.5. The lowest BCUT2D eigenvalue weighted by Crippen LogP contribution is -2.38. The van der Waals surface area contributed by atoms with E-state index in [4.69, 9.17) is 24.1 Å². The third-order valence-corrected chi connectivity index (χ3v) is 3.72. The first kappa shape index (κ1) is 23.4. The van der Waals surface area contributed by atoms with Crippen molar-refractivity contribution in [2.45, 2.75) is 19.3 Å². The molecule has 10 heteroatoms. The number of rotatable bonds is 12. The van der Waals surface area contributed by atoms with Gasteiger partial charge in [0.05, 0.1) is 59.3 Å². The van der Waals surface area contributed by atoms with Crippen LogP contribution in [0, 0.1) is 0 Å². The van der Waals surface area contributed by atoms with Crippen LogP contribution in [0.4, 0.5) is 0 Å². The molecule has 0 aromatic rings. The van der Waals surface area contributed by atoms with Gasteiger partial charge in [-0.25, -0.2) is 0 Å². The maximum Gasteiger partial charge on any atom is 0.305 e. The highest BCUT2D eigenvalue weighted by molar-refractivity contribution is 6.01. The second-order valence-electron chi connectivity index (χ2n) is 5.91. The highest BCUT2D eigenvalue weighted by atomic mass is 16.5. The molecule has 2 amide bonds. The molecule has 0 spiro atoms. The molecular weight excluding hydrogens is 360 g/mol. The zero-order chi connectivity index (χ0) is 19.7. The smallest absolute Gasteiger partial charge is 0.305 e. The maximum absolute atomic E-state index is 10.2. The Bertz CT molecular complexity index is 427. The van der Waals surface area contributed by atoms with Gasteiger partial charge in [0.1, 0.15) is 0 Å². The van der Waals surface area contributed by atoms with Crippen molar-refractivity contribution in [1.29, 1.82) is 0 Å². The maximum atomic E-state index is 10.2. The van der Waals surface area contributed by atoms with E-state index in [0.29, 0.717) is 45.9 Å². The molecule has 0 saturated carbocycles. The van der Waals surface area contributed by atoms with Crippen molar-refractivity contribution in [3.63, 3.8) is 0 Å². The normalized spacial score (nSPS) is 17.3. The van der Waals surface area contributed by atoms with E-state index >= 15 is 0 Å². The van der Waals surface area contributed by atoms with Gasteiger partial charge in [0.2, 0.25) is 11.8 Å². The van der Waals surface area contributed by atoms with E-state index < -0.39 is 5.97 Å². The molecule has 2 saturated heterocycles. The third-order valence-electron chi connectivity index (χ3n) is 3.72. The van der Waals surface area contributed by atoms with Crippen LogP contribution in [0.2, 0.25) is 0 Å². The van der Waals surface area contributed by atoms with Gasteiger partial charge < -0.3 is 24.1 Å². The number of aliphatic carboxylic acids is 1. The van der Waals surface area contributed by atoms with Gasteiger partial charge >= 0.3 is 5.97 Å². The molecule has 156 valence electrons. The second-order valence-corrected chi connectivity index (χ2v) is 5.91. The lowest BCUT2D eigenvalue weighted by Gasteiger charge is -2.26. The molecule has 27 heavy (non-hydrogen) atoms. The number of hydrogen-bond donors (Lipinski definition) is 2. The van der Waals surface area contributed by atoms with Crippen LogP contribution in [0.3, 0.4) is 0 Å². The van der Waals surface area contributed by atoms with Crippen LogP contribution in [-0.2, 0) is 33.3 Å².